The Labute approximate surface area is 152 Å². The Morgan fingerprint density at radius 2 is 1.65 bits per heavy atom. The van der Waals surface area contributed by atoms with Crippen LogP contribution >= 0.6 is 0 Å². The van der Waals surface area contributed by atoms with Crippen molar-refractivity contribution in [3.05, 3.63) is 89.0 Å². The second-order valence-corrected chi connectivity index (χ2v) is 7.25. The van der Waals surface area contributed by atoms with Gasteiger partial charge < -0.3 is 5.73 Å². The van der Waals surface area contributed by atoms with Gasteiger partial charge in [-0.3, -0.25) is 5.32 Å². The molecular weight excluding hydrogens is 320 g/mol. The summed E-state index contributed by atoms with van der Waals surface area (Å²) in [5.74, 6) is 0. The van der Waals surface area contributed by atoms with Crippen LogP contribution in [-0.4, -0.2) is 0 Å². The fraction of sp³-hybridized carbons (Fsp3) is 0.182. The highest BCUT2D eigenvalue weighted by Crippen LogP contribution is 2.48. The lowest BCUT2D eigenvalue weighted by Gasteiger charge is -2.34. The molecule has 4 heteroatoms. The first-order valence-electron chi connectivity index (χ1n) is 8.91. The van der Waals surface area contributed by atoms with Gasteiger partial charge in [0.05, 0.1) is 16.9 Å². The van der Waals surface area contributed by atoms with Gasteiger partial charge >= 0.3 is 0 Å². The third-order valence-electron chi connectivity index (χ3n) is 5.57. The maximum absolute atomic E-state index is 5.72. The molecule has 3 aromatic rings. The summed E-state index contributed by atoms with van der Waals surface area (Å²) in [6.45, 7) is 2.27. The van der Waals surface area contributed by atoms with E-state index in [-0.39, 0.29) is 5.54 Å². The quantitative estimate of drug-likeness (QED) is 0.501. The molecule has 0 aromatic heterocycles. The van der Waals surface area contributed by atoms with Crippen LogP contribution in [0.1, 0.15) is 35.2 Å². The molecule has 26 heavy (non-hydrogen) atoms. The van der Waals surface area contributed by atoms with E-state index in [0.29, 0.717) is 6.04 Å². The number of anilines is 1. The maximum Gasteiger partial charge on any atom is 0.0860 e. The number of nitrogens with zero attached hydrogens (tertiary/aromatic N) is 2. The molecule has 2 aliphatic heterocycles. The minimum atomic E-state index is -0.165. The lowest BCUT2D eigenvalue weighted by molar-refractivity contribution is 0.389. The van der Waals surface area contributed by atoms with Gasteiger partial charge in [0, 0.05) is 11.7 Å². The van der Waals surface area contributed by atoms with Crippen LogP contribution in [-0.2, 0) is 12.0 Å². The van der Waals surface area contributed by atoms with E-state index in [9.17, 15) is 0 Å². The summed E-state index contributed by atoms with van der Waals surface area (Å²) < 4.78 is 0. The number of hydrogen-bond donors (Lipinski definition) is 2. The van der Waals surface area contributed by atoms with E-state index < -0.39 is 0 Å². The van der Waals surface area contributed by atoms with Crippen molar-refractivity contribution in [2.75, 3.05) is 5.73 Å². The Kier molecular flexibility index (Phi) is 3.24. The van der Waals surface area contributed by atoms with Gasteiger partial charge in [-0.1, -0.05) is 30.3 Å². The highest BCUT2D eigenvalue weighted by Gasteiger charge is 2.45. The molecule has 3 N–H and O–H groups in total. The summed E-state index contributed by atoms with van der Waals surface area (Å²) in [6.07, 6.45) is 1.01. The van der Waals surface area contributed by atoms with Crippen LogP contribution in [0, 0.1) is 0 Å². The van der Waals surface area contributed by atoms with Crippen LogP contribution in [0.4, 0.5) is 17.1 Å². The zero-order valence-electron chi connectivity index (χ0n) is 14.6. The molecule has 4 nitrogen and oxygen atoms in total. The Morgan fingerprint density at radius 1 is 0.923 bits per heavy atom. The lowest BCUT2D eigenvalue weighted by atomic mass is 9.82. The van der Waals surface area contributed by atoms with Crippen LogP contribution in [0.3, 0.4) is 0 Å². The normalized spacial score (nSPS) is 23.0. The Hall–Kier alpha value is -2.98. The molecule has 128 valence electrons. The summed E-state index contributed by atoms with van der Waals surface area (Å²) >= 11 is 0. The molecule has 5 rings (SSSR count). The zero-order chi connectivity index (χ0) is 17.7. The molecule has 2 bridgehead atoms. The fourth-order valence-corrected chi connectivity index (χ4v) is 4.29. The molecule has 2 aliphatic rings. The Bertz CT molecular complexity index is 1020. The molecule has 2 heterocycles. The van der Waals surface area contributed by atoms with Gasteiger partial charge in [0.2, 0.25) is 0 Å². The molecule has 0 saturated heterocycles. The van der Waals surface area contributed by atoms with Crippen molar-refractivity contribution in [2.24, 2.45) is 10.2 Å². The van der Waals surface area contributed by atoms with Crippen molar-refractivity contribution >= 4 is 17.1 Å². The number of azo groups is 1. The van der Waals surface area contributed by atoms with Crippen molar-refractivity contribution in [2.45, 2.75) is 24.9 Å². The van der Waals surface area contributed by atoms with E-state index in [0.717, 1.165) is 23.5 Å². The topological polar surface area (TPSA) is 62.8 Å². The van der Waals surface area contributed by atoms with E-state index in [2.05, 4.69) is 64.9 Å². The van der Waals surface area contributed by atoms with Crippen LogP contribution in [0.25, 0.3) is 0 Å². The molecule has 2 atom stereocenters. The van der Waals surface area contributed by atoms with Gasteiger partial charge in [-0.2, -0.15) is 10.2 Å². The second kappa shape index (κ2) is 5.51. The first-order valence-corrected chi connectivity index (χ1v) is 8.91. The number of nitrogens with two attached hydrogens (primary N) is 1. The predicted molar refractivity (Wildman–Crippen MR) is 104 cm³/mol. The van der Waals surface area contributed by atoms with Crippen LogP contribution in [0.5, 0.6) is 0 Å². The molecule has 0 spiro atoms. The molecular formula is C22H20N4. The maximum atomic E-state index is 5.72. The number of rotatable bonds is 2. The van der Waals surface area contributed by atoms with Crippen molar-refractivity contribution in [3.63, 3.8) is 0 Å². The molecule has 0 amide bonds. The average molecular weight is 340 g/mol. The van der Waals surface area contributed by atoms with E-state index in [1.807, 2.05) is 24.3 Å². The molecule has 0 saturated carbocycles. The third kappa shape index (κ3) is 2.26. The molecule has 0 aliphatic carbocycles. The van der Waals surface area contributed by atoms with Gasteiger partial charge in [0.1, 0.15) is 0 Å². The SMILES string of the molecule is C[C@]12N[C@H](Cc3ccc(N=Nc4ccc(N)cc4)cc31)c1ccccc12. The average Bonchev–Trinajstić information content (AvgIpc) is 2.91. The molecule has 0 fully saturated rings. The molecule has 0 unspecified atom stereocenters. The number of benzene rings is 3. The number of nitrogens with one attached hydrogen (secondary N) is 1. The van der Waals surface area contributed by atoms with E-state index >= 15 is 0 Å². The van der Waals surface area contributed by atoms with Gasteiger partial charge in [-0.25, -0.2) is 0 Å². The van der Waals surface area contributed by atoms with Crippen molar-refractivity contribution < 1.29 is 0 Å². The summed E-state index contributed by atoms with van der Waals surface area (Å²) in [4.78, 5) is 0. The Morgan fingerprint density at radius 3 is 2.50 bits per heavy atom. The van der Waals surface area contributed by atoms with Gasteiger partial charge in [-0.15, -0.1) is 0 Å². The van der Waals surface area contributed by atoms with Gasteiger partial charge in [0.25, 0.3) is 0 Å². The zero-order valence-corrected chi connectivity index (χ0v) is 14.6. The standard InChI is InChI=1S/C22H20N4/c1-22-19-5-3-2-4-18(19)21(24-22)12-14-6-9-17(13-20(14)22)26-25-16-10-7-15(23)8-11-16/h2-11,13,21,24H,12,23H2,1H3/t21-,22-/m1/s1. The van der Waals surface area contributed by atoms with Gasteiger partial charge in [-0.05, 0) is 72.0 Å². The monoisotopic (exact) mass is 340 g/mol. The summed E-state index contributed by atoms with van der Waals surface area (Å²) in [6, 6.07) is 23.0. The first-order chi connectivity index (χ1) is 12.6. The summed E-state index contributed by atoms with van der Waals surface area (Å²) in [5.41, 5.74) is 13.4. The van der Waals surface area contributed by atoms with E-state index in [4.69, 9.17) is 5.73 Å². The Balaban J connectivity index is 1.54. The minimum Gasteiger partial charge on any atom is -0.399 e. The van der Waals surface area contributed by atoms with E-state index in [1.54, 1.807) is 0 Å². The van der Waals surface area contributed by atoms with Crippen molar-refractivity contribution in [1.29, 1.82) is 0 Å². The summed E-state index contributed by atoms with van der Waals surface area (Å²) in [7, 11) is 0. The molecule has 3 aromatic carbocycles. The minimum absolute atomic E-state index is 0.165. The highest BCUT2D eigenvalue weighted by molar-refractivity contribution is 5.58. The van der Waals surface area contributed by atoms with Gasteiger partial charge in [0.15, 0.2) is 0 Å². The van der Waals surface area contributed by atoms with Crippen LogP contribution in [0.15, 0.2) is 77.0 Å². The first kappa shape index (κ1) is 15.3. The lowest BCUT2D eigenvalue weighted by Crippen LogP contribution is -2.41. The third-order valence-corrected chi connectivity index (χ3v) is 5.57. The van der Waals surface area contributed by atoms with Crippen LogP contribution in [0.2, 0.25) is 0 Å². The number of hydrogen-bond acceptors (Lipinski definition) is 4. The summed E-state index contributed by atoms with van der Waals surface area (Å²) in [5, 5.41) is 12.6. The smallest absolute Gasteiger partial charge is 0.0860 e. The van der Waals surface area contributed by atoms with Crippen molar-refractivity contribution in [1.82, 2.24) is 5.32 Å². The predicted octanol–water partition coefficient (Wildman–Crippen LogP) is 5.15. The molecule has 0 radical (unpaired) electrons. The number of nitrogen functional groups attached to an aromatic ring is 1. The van der Waals surface area contributed by atoms with Crippen LogP contribution < -0.4 is 11.1 Å². The highest BCUT2D eigenvalue weighted by atomic mass is 15.1. The second-order valence-electron chi connectivity index (χ2n) is 7.25. The van der Waals surface area contributed by atoms with E-state index in [1.165, 1.54) is 22.3 Å². The van der Waals surface area contributed by atoms with Crippen molar-refractivity contribution in [3.8, 4) is 0 Å². The number of fused-ring (bicyclic) bond motifs is 7. The fourth-order valence-electron chi connectivity index (χ4n) is 4.29. The largest absolute Gasteiger partial charge is 0.399 e.